The first-order valence-corrected chi connectivity index (χ1v) is 7.49. The molecule has 0 radical (unpaired) electrons. The third kappa shape index (κ3) is 3.09. The molecule has 0 saturated heterocycles. The normalized spacial score (nSPS) is 15.9. The zero-order valence-corrected chi connectivity index (χ0v) is 12.2. The van der Waals surface area contributed by atoms with E-state index in [0.29, 0.717) is 6.54 Å². The molecular formula is C11H22N4O2S. The molecule has 1 heterocycles. The van der Waals surface area contributed by atoms with Crippen molar-refractivity contribution in [3.05, 3.63) is 12.5 Å². The van der Waals surface area contributed by atoms with Crippen LogP contribution in [0.1, 0.15) is 27.7 Å². The summed E-state index contributed by atoms with van der Waals surface area (Å²) >= 11 is 0. The van der Waals surface area contributed by atoms with E-state index in [1.807, 2.05) is 20.8 Å². The second-order valence-electron chi connectivity index (χ2n) is 4.92. The number of nitrogens with one attached hydrogen (secondary N) is 1. The van der Waals surface area contributed by atoms with Crippen LogP contribution in [0.2, 0.25) is 0 Å². The quantitative estimate of drug-likeness (QED) is 0.793. The van der Waals surface area contributed by atoms with E-state index in [9.17, 15) is 8.42 Å². The largest absolute Gasteiger partial charge is 0.336 e. The van der Waals surface area contributed by atoms with E-state index in [0.717, 1.165) is 0 Å². The monoisotopic (exact) mass is 274 g/mol. The fourth-order valence-corrected chi connectivity index (χ4v) is 2.90. The number of hydrogen-bond acceptors (Lipinski definition) is 4. The molecule has 0 aliphatic heterocycles. The number of aryl methyl sites for hydroxylation is 1. The van der Waals surface area contributed by atoms with E-state index in [1.165, 1.54) is 12.5 Å². The van der Waals surface area contributed by atoms with Crippen molar-refractivity contribution in [2.45, 2.75) is 44.8 Å². The lowest BCUT2D eigenvalue weighted by molar-refractivity contribution is 0.314. The van der Waals surface area contributed by atoms with Crippen LogP contribution in [-0.2, 0) is 16.6 Å². The van der Waals surface area contributed by atoms with Crippen LogP contribution in [0.5, 0.6) is 0 Å². The Hall–Kier alpha value is -0.920. The van der Waals surface area contributed by atoms with Crippen LogP contribution in [0.4, 0.5) is 0 Å². The molecule has 0 bridgehead atoms. The van der Waals surface area contributed by atoms with Gasteiger partial charge >= 0.3 is 0 Å². The molecule has 1 rings (SSSR count). The summed E-state index contributed by atoms with van der Waals surface area (Å²) in [7, 11) is -3.63. The van der Waals surface area contributed by atoms with Crippen LogP contribution < -0.4 is 10.5 Å². The molecule has 0 aromatic carbocycles. The van der Waals surface area contributed by atoms with E-state index >= 15 is 0 Å². The van der Waals surface area contributed by atoms with Gasteiger partial charge in [-0.15, -0.1) is 0 Å². The lowest BCUT2D eigenvalue weighted by Gasteiger charge is -2.32. The first kappa shape index (κ1) is 15.1. The number of hydrogen-bond donors (Lipinski definition) is 2. The molecule has 7 heteroatoms. The first-order chi connectivity index (χ1) is 8.25. The number of rotatable bonds is 6. The van der Waals surface area contributed by atoms with Crippen molar-refractivity contribution >= 4 is 10.0 Å². The fourth-order valence-electron chi connectivity index (χ4n) is 1.41. The minimum Gasteiger partial charge on any atom is -0.336 e. The second kappa shape index (κ2) is 5.38. The highest BCUT2D eigenvalue weighted by Gasteiger charge is 2.33. The molecule has 0 fully saturated rings. The standard InChI is InChI=1S/C11H22N4O2S/c1-5-15-6-10(13-8-15)18(16,17)14-11(4,7-12)9(2)3/h6,8-9,14H,5,7,12H2,1-4H3. The van der Waals surface area contributed by atoms with Crippen LogP contribution >= 0.6 is 0 Å². The highest BCUT2D eigenvalue weighted by Crippen LogP contribution is 2.18. The fraction of sp³-hybridized carbons (Fsp3) is 0.727. The minimum absolute atomic E-state index is 0.0321. The summed E-state index contributed by atoms with van der Waals surface area (Å²) in [5, 5.41) is 0.0321. The van der Waals surface area contributed by atoms with Crippen LogP contribution in [0.25, 0.3) is 0 Å². The molecule has 0 aliphatic rings. The van der Waals surface area contributed by atoms with Gasteiger partial charge in [-0.25, -0.2) is 18.1 Å². The summed E-state index contributed by atoms with van der Waals surface area (Å²) in [5.41, 5.74) is 5.00. The molecule has 0 aliphatic carbocycles. The van der Waals surface area contributed by atoms with E-state index in [1.54, 1.807) is 11.5 Å². The average molecular weight is 274 g/mol. The third-order valence-corrected chi connectivity index (χ3v) is 4.81. The lowest BCUT2D eigenvalue weighted by Crippen LogP contribution is -2.54. The first-order valence-electron chi connectivity index (χ1n) is 6.01. The summed E-state index contributed by atoms with van der Waals surface area (Å²) in [5.74, 6) is 0.0885. The molecule has 0 saturated carbocycles. The van der Waals surface area contributed by atoms with Crippen molar-refractivity contribution in [1.29, 1.82) is 0 Å². The summed E-state index contributed by atoms with van der Waals surface area (Å²) in [6, 6.07) is 0. The molecular weight excluding hydrogens is 252 g/mol. The maximum absolute atomic E-state index is 12.2. The summed E-state index contributed by atoms with van der Waals surface area (Å²) < 4.78 is 28.8. The zero-order chi connectivity index (χ0) is 14.0. The van der Waals surface area contributed by atoms with Gasteiger partial charge in [0, 0.05) is 24.8 Å². The van der Waals surface area contributed by atoms with Gasteiger partial charge in [-0.2, -0.15) is 0 Å². The predicted molar refractivity (Wildman–Crippen MR) is 70.5 cm³/mol. The van der Waals surface area contributed by atoms with E-state index < -0.39 is 15.6 Å². The van der Waals surface area contributed by atoms with Crippen LogP contribution in [-0.4, -0.2) is 30.1 Å². The Bertz CT molecular complexity index is 495. The minimum atomic E-state index is -3.63. The van der Waals surface area contributed by atoms with Crippen LogP contribution in [0.3, 0.4) is 0 Å². The molecule has 1 atom stereocenters. The summed E-state index contributed by atoms with van der Waals surface area (Å²) in [4.78, 5) is 3.91. The summed E-state index contributed by atoms with van der Waals surface area (Å²) in [6.07, 6.45) is 3.02. The Balaban J connectivity index is 3.01. The molecule has 1 aromatic rings. The Morgan fingerprint density at radius 3 is 2.56 bits per heavy atom. The van der Waals surface area contributed by atoms with Gasteiger partial charge in [-0.1, -0.05) is 13.8 Å². The lowest BCUT2D eigenvalue weighted by atomic mass is 9.90. The van der Waals surface area contributed by atoms with Crippen molar-refractivity contribution in [2.24, 2.45) is 11.7 Å². The average Bonchev–Trinajstić information content (AvgIpc) is 2.77. The van der Waals surface area contributed by atoms with Gasteiger partial charge in [0.2, 0.25) is 0 Å². The highest BCUT2D eigenvalue weighted by atomic mass is 32.2. The highest BCUT2D eigenvalue weighted by molar-refractivity contribution is 7.89. The van der Waals surface area contributed by atoms with Gasteiger partial charge in [-0.05, 0) is 19.8 Å². The van der Waals surface area contributed by atoms with Gasteiger partial charge in [0.05, 0.1) is 6.33 Å². The van der Waals surface area contributed by atoms with Gasteiger partial charge in [0.15, 0.2) is 5.03 Å². The molecule has 0 amide bonds. The van der Waals surface area contributed by atoms with E-state index in [2.05, 4.69) is 9.71 Å². The van der Waals surface area contributed by atoms with Crippen molar-refractivity contribution in [1.82, 2.24) is 14.3 Å². The zero-order valence-electron chi connectivity index (χ0n) is 11.3. The van der Waals surface area contributed by atoms with Gasteiger partial charge in [0.1, 0.15) is 0 Å². The van der Waals surface area contributed by atoms with Gasteiger partial charge in [0.25, 0.3) is 10.0 Å². The number of aromatic nitrogens is 2. The molecule has 3 N–H and O–H groups in total. The molecule has 104 valence electrons. The predicted octanol–water partition coefficient (Wildman–Crippen LogP) is 0.555. The molecule has 6 nitrogen and oxygen atoms in total. The molecule has 1 aromatic heterocycles. The SMILES string of the molecule is CCn1cnc(S(=O)(=O)NC(C)(CN)C(C)C)c1. The van der Waals surface area contributed by atoms with Crippen molar-refractivity contribution in [3.8, 4) is 0 Å². The van der Waals surface area contributed by atoms with Crippen molar-refractivity contribution in [3.63, 3.8) is 0 Å². The van der Waals surface area contributed by atoms with Crippen LogP contribution in [0, 0.1) is 5.92 Å². The maximum Gasteiger partial charge on any atom is 0.260 e. The second-order valence-corrected chi connectivity index (χ2v) is 6.55. The Morgan fingerprint density at radius 1 is 1.56 bits per heavy atom. The topological polar surface area (TPSA) is 90.0 Å². The van der Waals surface area contributed by atoms with E-state index in [4.69, 9.17) is 5.73 Å². The Morgan fingerprint density at radius 2 is 2.17 bits per heavy atom. The number of imidazole rings is 1. The Labute approximate surface area is 109 Å². The smallest absolute Gasteiger partial charge is 0.260 e. The van der Waals surface area contributed by atoms with Crippen molar-refractivity contribution < 1.29 is 8.42 Å². The number of nitrogens with two attached hydrogens (primary N) is 1. The number of nitrogens with zero attached hydrogens (tertiary/aromatic N) is 2. The maximum atomic E-state index is 12.2. The summed E-state index contributed by atoms with van der Waals surface area (Å²) in [6.45, 7) is 8.49. The third-order valence-electron chi connectivity index (χ3n) is 3.32. The van der Waals surface area contributed by atoms with Crippen LogP contribution in [0.15, 0.2) is 17.6 Å². The molecule has 18 heavy (non-hydrogen) atoms. The number of sulfonamides is 1. The van der Waals surface area contributed by atoms with Gasteiger partial charge in [-0.3, -0.25) is 0 Å². The molecule has 1 unspecified atom stereocenters. The molecule has 0 spiro atoms. The van der Waals surface area contributed by atoms with Crippen molar-refractivity contribution in [2.75, 3.05) is 6.54 Å². The Kier molecular flexibility index (Phi) is 4.52. The van der Waals surface area contributed by atoms with Gasteiger partial charge < -0.3 is 10.3 Å². The van der Waals surface area contributed by atoms with E-state index in [-0.39, 0.29) is 17.5 Å².